The molecule has 0 fully saturated rings. The minimum Gasteiger partial charge on any atom is -0.404 e. The van der Waals surface area contributed by atoms with E-state index in [0.717, 1.165) is 17.5 Å². The second kappa shape index (κ2) is 10.2. The monoisotopic (exact) mass is 335 g/mol. The SMILES string of the molecule is C/C=C/C=C/C(=O)Oc1ccc(-c2ccc(CCCCC)cc2)cn1. The van der Waals surface area contributed by atoms with Gasteiger partial charge in [0.1, 0.15) is 0 Å². The summed E-state index contributed by atoms with van der Waals surface area (Å²) in [5.41, 5.74) is 3.48. The van der Waals surface area contributed by atoms with Crippen molar-refractivity contribution in [2.24, 2.45) is 0 Å². The molecule has 0 aliphatic rings. The summed E-state index contributed by atoms with van der Waals surface area (Å²) in [6.07, 6.45) is 13.2. The minimum absolute atomic E-state index is 0.301. The van der Waals surface area contributed by atoms with Crippen molar-refractivity contribution in [3.8, 4) is 17.0 Å². The first-order chi connectivity index (χ1) is 12.2. The fourth-order valence-electron chi connectivity index (χ4n) is 2.44. The molecule has 0 aliphatic carbocycles. The number of carbonyl (C=O) groups is 1. The van der Waals surface area contributed by atoms with Crippen molar-refractivity contribution in [2.75, 3.05) is 0 Å². The van der Waals surface area contributed by atoms with Crippen LogP contribution >= 0.6 is 0 Å². The van der Waals surface area contributed by atoms with Crippen LogP contribution in [-0.2, 0) is 11.2 Å². The summed E-state index contributed by atoms with van der Waals surface area (Å²) in [6, 6.07) is 12.2. The van der Waals surface area contributed by atoms with Crippen LogP contribution in [0.1, 0.15) is 38.7 Å². The van der Waals surface area contributed by atoms with Gasteiger partial charge in [0.2, 0.25) is 5.88 Å². The highest BCUT2D eigenvalue weighted by molar-refractivity contribution is 5.84. The molecule has 130 valence electrons. The number of pyridine rings is 1. The molecule has 0 spiro atoms. The van der Waals surface area contributed by atoms with Gasteiger partial charge in [-0.05, 0) is 37.0 Å². The van der Waals surface area contributed by atoms with Gasteiger partial charge in [0.25, 0.3) is 0 Å². The quantitative estimate of drug-likeness (QED) is 0.276. The van der Waals surface area contributed by atoms with Gasteiger partial charge in [0.15, 0.2) is 0 Å². The molecule has 3 nitrogen and oxygen atoms in total. The van der Waals surface area contributed by atoms with E-state index in [1.54, 1.807) is 24.4 Å². The number of unbranched alkanes of at least 4 members (excludes halogenated alkanes) is 2. The summed E-state index contributed by atoms with van der Waals surface area (Å²) in [4.78, 5) is 15.8. The number of benzene rings is 1. The Labute approximate surface area is 150 Å². The van der Waals surface area contributed by atoms with Crippen molar-refractivity contribution in [3.63, 3.8) is 0 Å². The van der Waals surface area contributed by atoms with Crippen LogP contribution in [0.2, 0.25) is 0 Å². The van der Waals surface area contributed by atoms with Gasteiger partial charge >= 0.3 is 5.97 Å². The Bertz CT molecular complexity index is 713. The Balaban J connectivity index is 1.96. The molecule has 25 heavy (non-hydrogen) atoms. The molecule has 1 aromatic carbocycles. The van der Waals surface area contributed by atoms with Gasteiger partial charge in [-0.1, -0.05) is 62.3 Å². The molecule has 0 aliphatic heterocycles. The summed E-state index contributed by atoms with van der Waals surface area (Å²) in [5, 5.41) is 0. The smallest absolute Gasteiger partial charge is 0.337 e. The molecule has 0 amide bonds. The Morgan fingerprint density at radius 1 is 1.04 bits per heavy atom. The van der Waals surface area contributed by atoms with Crippen molar-refractivity contribution in [2.45, 2.75) is 39.5 Å². The molecule has 0 saturated heterocycles. The number of esters is 1. The van der Waals surface area contributed by atoms with Gasteiger partial charge < -0.3 is 4.74 Å². The Morgan fingerprint density at radius 3 is 2.44 bits per heavy atom. The molecule has 1 aromatic heterocycles. The number of rotatable bonds is 8. The molecule has 2 rings (SSSR count). The number of aromatic nitrogens is 1. The molecule has 0 radical (unpaired) electrons. The van der Waals surface area contributed by atoms with Crippen molar-refractivity contribution < 1.29 is 9.53 Å². The highest BCUT2D eigenvalue weighted by atomic mass is 16.5. The lowest BCUT2D eigenvalue weighted by Gasteiger charge is -2.05. The lowest BCUT2D eigenvalue weighted by Crippen LogP contribution is -2.04. The Morgan fingerprint density at radius 2 is 1.80 bits per heavy atom. The van der Waals surface area contributed by atoms with Gasteiger partial charge in [-0.2, -0.15) is 0 Å². The normalized spacial score (nSPS) is 11.3. The van der Waals surface area contributed by atoms with Gasteiger partial charge in [0.05, 0.1) is 0 Å². The van der Waals surface area contributed by atoms with E-state index in [4.69, 9.17) is 4.74 Å². The van der Waals surface area contributed by atoms with Crippen LogP contribution in [0.3, 0.4) is 0 Å². The number of hydrogen-bond donors (Lipinski definition) is 0. The number of aryl methyl sites for hydroxylation is 1. The largest absolute Gasteiger partial charge is 0.404 e. The maximum atomic E-state index is 11.6. The van der Waals surface area contributed by atoms with Crippen molar-refractivity contribution in [1.29, 1.82) is 0 Å². The van der Waals surface area contributed by atoms with Crippen LogP contribution in [0, 0.1) is 0 Å². The molecule has 1 heterocycles. The second-order valence-corrected chi connectivity index (χ2v) is 5.85. The summed E-state index contributed by atoms with van der Waals surface area (Å²) < 4.78 is 5.16. The zero-order chi connectivity index (χ0) is 17.9. The lowest BCUT2D eigenvalue weighted by atomic mass is 10.0. The molecule has 0 unspecified atom stereocenters. The van der Waals surface area contributed by atoms with E-state index >= 15 is 0 Å². The molecule has 0 atom stereocenters. The second-order valence-electron chi connectivity index (χ2n) is 5.85. The number of hydrogen-bond acceptors (Lipinski definition) is 3. The number of carbonyl (C=O) groups excluding carboxylic acids is 1. The zero-order valence-electron chi connectivity index (χ0n) is 14.9. The van der Waals surface area contributed by atoms with E-state index in [2.05, 4.69) is 36.2 Å². The molecule has 0 bridgehead atoms. The fourth-order valence-corrected chi connectivity index (χ4v) is 2.44. The number of allylic oxidation sites excluding steroid dienone is 3. The third kappa shape index (κ3) is 6.38. The summed E-state index contributed by atoms with van der Waals surface area (Å²) in [5.74, 6) is -0.134. The predicted molar refractivity (Wildman–Crippen MR) is 102 cm³/mol. The van der Waals surface area contributed by atoms with Crippen LogP contribution in [0.25, 0.3) is 11.1 Å². The summed E-state index contributed by atoms with van der Waals surface area (Å²) in [6.45, 7) is 4.10. The van der Waals surface area contributed by atoms with E-state index in [1.165, 1.54) is 30.9 Å². The summed E-state index contributed by atoms with van der Waals surface area (Å²) in [7, 11) is 0. The third-order valence-electron chi connectivity index (χ3n) is 3.83. The van der Waals surface area contributed by atoms with Crippen LogP contribution < -0.4 is 4.74 Å². The molecule has 2 aromatic rings. The first kappa shape index (κ1) is 18.7. The standard InChI is InChI=1S/C22H25NO2/c1-3-5-7-9-18-11-13-19(14-12-18)20-15-16-21(23-17-20)25-22(24)10-8-6-4-2/h4,6,8,10-17H,3,5,7,9H2,1-2H3/b6-4+,10-8+. The molecular formula is C22H25NO2. The maximum Gasteiger partial charge on any atom is 0.337 e. The van der Waals surface area contributed by atoms with E-state index < -0.39 is 5.97 Å². The van der Waals surface area contributed by atoms with Gasteiger partial charge in [-0.25, -0.2) is 9.78 Å². The molecular weight excluding hydrogens is 310 g/mol. The molecule has 0 N–H and O–H groups in total. The number of nitrogens with zero attached hydrogens (tertiary/aromatic N) is 1. The van der Waals surface area contributed by atoms with Crippen LogP contribution in [0.15, 0.2) is 66.9 Å². The topological polar surface area (TPSA) is 39.2 Å². The Hall–Kier alpha value is -2.68. The van der Waals surface area contributed by atoms with E-state index in [-0.39, 0.29) is 0 Å². The number of ether oxygens (including phenoxy) is 1. The average molecular weight is 335 g/mol. The Kier molecular flexibility index (Phi) is 7.64. The lowest BCUT2D eigenvalue weighted by molar-refractivity contribution is -0.129. The van der Waals surface area contributed by atoms with Crippen LogP contribution in [0.4, 0.5) is 0 Å². The summed E-state index contributed by atoms with van der Waals surface area (Å²) >= 11 is 0. The maximum absolute atomic E-state index is 11.6. The van der Waals surface area contributed by atoms with Crippen molar-refractivity contribution >= 4 is 5.97 Å². The van der Waals surface area contributed by atoms with Crippen LogP contribution in [-0.4, -0.2) is 11.0 Å². The highest BCUT2D eigenvalue weighted by Gasteiger charge is 2.03. The third-order valence-corrected chi connectivity index (χ3v) is 3.83. The predicted octanol–water partition coefficient (Wildman–Crippen LogP) is 5.52. The van der Waals surface area contributed by atoms with E-state index in [9.17, 15) is 4.79 Å². The fraction of sp³-hybridized carbons (Fsp3) is 0.273. The highest BCUT2D eigenvalue weighted by Crippen LogP contribution is 2.21. The van der Waals surface area contributed by atoms with E-state index in [0.29, 0.717) is 5.88 Å². The minimum atomic E-state index is -0.435. The average Bonchev–Trinajstić information content (AvgIpc) is 2.63. The van der Waals surface area contributed by atoms with Gasteiger partial charge in [0, 0.05) is 23.9 Å². The van der Waals surface area contributed by atoms with Gasteiger partial charge in [-0.3, -0.25) is 0 Å². The molecule has 0 saturated carbocycles. The van der Waals surface area contributed by atoms with Crippen LogP contribution in [0.5, 0.6) is 5.88 Å². The first-order valence-corrected chi connectivity index (χ1v) is 8.79. The molecule has 3 heteroatoms. The van der Waals surface area contributed by atoms with Crippen molar-refractivity contribution in [1.82, 2.24) is 4.98 Å². The van der Waals surface area contributed by atoms with E-state index in [1.807, 2.05) is 19.1 Å². The van der Waals surface area contributed by atoms with Gasteiger partial charge in [-0.15, -0.1) is 0 Å². The van der Waals surface area contributed by atoms with Crippen molar-refractivity contribution in [3.05, 3.63) is 72.5 Å². The zero-order valence-corrected chi connectivity index (χ0v) is 14.9. The first-order valence-electron chi connectivity index (χ1n) is 8.79.